The van der Waals surface area contributed by atoms with E-state index in [0.29, 0.717) is 19.4 Å². The Hall–Kier alpha value is -3.21. The lowest BCUT2D eigenvalue weighted by Gasteiger charge is -2.15. The molecule has 0 heterocycles. The smallest absolute Gasteiger partial charge is 0.306 e. The van der Waals surface area contributed by atoms with E-state index in [1.165, 1.54) is 0 Å². The van der Waals surface area contributed by atoms with E-state index in [1.807, 2.05) is 6.08 Å². The van der Waals surface area contributed by atoms with E-state index < -0.39 is 6.10 Å². The summed E-state index contributed by atoms with van der Waals surface area (Å²) in [6.07, 6.45) is 55.4. The summed E-state index contributed by atoms with van der Waals surface area (Å²) in [6, 6.07) is 0. The maximum absolute atomic E-state index is 12.1. The van der Waals surface area contributed by atoms with Crippen molar-refractivity contribution in [2.45, 2.75) is 110 Å². The maximum atomic E-state index is 12.1. The molecule has 4 heteroatoms. The highest BCUT2D eigenvalue weighted by molar-refractivity contribution is 5.69. The number of esters is 1. The van der Waals surface area contributed by atoms with Crippen molar-refractivity contribution < 1.29 is 19.4 Å². The number of allylic oxidation sites excluding steroid dienone is 20. The second-order valence-corrected chi connectivity index (χ2v) is 10.5. The molecular formula is C41H62O4. The Labute approximate surface area is 276 Å². The Morgan fingerprint density at radius 3 is 1.27 bits per heavy atom. The lowest BCUT2D eigenvalue weighted by atomic mass is 10.2. The molecule has 0 aromatic carbocycles. The van der Waals surface area contributed by atoms with E-state index in [9.17, 15) is 9.90 Å². The SMILES string of the molecule is CC/C=C\C/C=C\C/C=C\C/C=C\C/C=C\C/C=C\CCCOCC(CO)OC(=O)CC/C=C\C/C=C\C/C=C\C/C=C\CC. The minimum Gasteiger partial charge on any atom is -0.457 e. The quantitative estimate of drug-likeness (QED) is 0.0515. The van der Waals surface area contributed by atoms with E-state index >= 15 is 0 Å². The first-order chi connectivity index (χ1) is 22.2. The number of ether oxygens (including phenoxy) is 2. The Morgan fingerprint density at radius 2 is 0.889 bits per heavy atom. The minimum absolute atomic E-state index is 0.218. The largest absolute Gasteiger partial charge is 0.457 e. The van der Waals surface area contributed by atoms with Gasteiger partial charge in [-0.15, -0.1) is 0 Å². The number of carbonyl (C=O) groups excluding carboxylic acids is 1. The van der Waals surface area contributed by atoms with Gasteiger partial charge in [-0.2, -0.15) is 0 Å². The topological polar surface area (TPSA) is 55.8 Å². The van der Waals surface area contributed by atoms with Crippen molar-refractivity contribution in [3.8, 4) is 0 Å². The standard InChI is InChI=1S/C41H62O4/c1-3-5-7-9-11-13-15-17-18-19-20-21-22-23-25-27-29-31-33-35-37-44-39-40(38-42)45-41(43)36-34-32-30-28-26-24-16-14-12-10-8-6-4-2/h5-8,11-14,17-18,20-21,23-26,29-32,40,42H,3-4,9-10,15-16,19,22,27-28,33-39H2,1-2H3/b7-5-,8-6-,13-11-,14-12-,18-17-,21-20-,25-23-,26-24-,31-29-,32-30-. The van der Waals surface area contributed by atoms with Gasteiger partial charge >= 0.3 is 5.97 Å². The zero-order valence-electron chi connectivity index (χ0n) is 28.3. The molecule has 1 atom stereocenters. The Balaban J connectivity index is 3.74. The molecule has 0 spiro atoms. The summed E-state index contributed by atoms with van der Waals surface area (Å²) >= 11 is 0. The fourth-order valence-corrected chi connectivity index (χ4v) is 3.83. The third-order valence-corrected chi connectivity index (χ3v) is 6.30. The molecule has 0 saturated heterocycles. The van der Waals surface area contributed by atoms with E-state index in [4.69, 9.17) is 9.47 Å². The maximum Gasteiger partial charge on any atom is 0.306 e. The average molecular weight is 619 g/mol. The number of aliphatic hydroxyl groups excluding tert-OH is 1. The molecule has 0 aliphatic heterocycles. The summed E-state index contributed by atoms with van der Waals surface area (Å²) in [4.78, 5) is 12.1. The molecule has 0 aromatic rings. The van der Waals surface area contributed by atoms with Gasteiger partial charge in [0.15, 0.2) is 0 Å². The molecule has 0 aliphatic rings. The first kappa shape index (κ1) is 41.8. The molecular weight excluding hydrogens is 556 g/mol. The van der Waals surface area contributed by atoms with Gasteiger partial charge in [-0.1, -0.05) is 135 Å². The third kappa shape index (κ3) is 35.1. The highest BCUT2D eigenvalue weighted by atomic mass is 16.6. The van der Waals surface area contributed by atoms with Gasteiger partial charge in [0.1, 0.15) is 6.10 Å². The highest BCUT2D eigenvalue weighted by Crippen LogP contribution is 2.03. The first-order valence-electron chi connectivity index (χ1n) is 17.1. The number of hydrogen-bond donors (Lipinski definition) is 1. The second-order valence-electron chi connectivity index (χ2n) is 10.5. The molecule has 0 aliphatic carbocycles. The molecule has 0 aromatic heterocycles. The number of rotatable bonds is 29. The molecule has 45 heavy (non-hydrogen) atoms. The number of hydrogen-bond acceptors (Lipinski definition) is 4. The van der Waals surface area contributed by atoms with Crippen LogP contribution < -0.4 is 0 Å². The van der Waals surface area contributed by atoms with Crippen LogP contribution in [0, 0.1) is 0 Å². The van der Waals surface area contributed by atoms with Gasteiger partial charge in [-0.3, -0.25) is 4.79 Å². The van der Waals surface area contributed by atoms with Crippen molar-refractivity contribution >= 4 is 5.97 Å². The summed E-state index contributed by atoms with van der Waals surface area (Å²) in [7, 11) is 0. The van der Waals surface area contributed by atoms with E-state index in [0.717, 1.165) is 77.0 Å². The van der Waals surface area contributed by atoms with Gasteiger partial charge in [-0.25, -0.2) is 0 Å². The van der Waals surface area contributed by atoms with Crippen LogP contribution in [0.5, 0.6) is 0 Å². The van der Waals surface area contributed by atoms with Crippen LogP contribution in [-0.2, 0) is 14.3 Å². The van der Waals surface area contributed by atoms with Crippen molar-refractivity contribution in [3.05, 3.63) is 122 Å². The van der Waals surface area contributed by atoms with Crippen molar-refractivity contribution in [2.75, 3.05) is 19.8 Å². The molecule has 0 radical (unpaired) electrons. The molecule has 0 bridgehead atoms. The van der Waals surface area contributed by atoms with Crippen LogP contribution in [0.2, 0.25) is 0 Å². The van der Waals surface area contributed by atoms with Crippen LogP contribution in [0.1, 0.15) is 104 Å². The van der Waals surface area contributed by atoms with Crippen molar-refractivity contribution in [3.63, 3.8) is 0 Å². The molecule has 1 unspecified atom stereocenters. The zero-order valence-corrected chi connectivity index (χ0v) is 28.3. The van der Waals surface area contributed by atoms with E-state index in [2.05, 4.69) is 129 Å². The van der Waals surface area contributed by atoms with Crippen LogP contribution in [0.3, 0.4) is 0 Å². The Kier molecular flexibility index (Phi) is 34.3. The lowest BCUT2D eigenvalue weighted by molar-refractivity contribution is -0.154. The van der Waals surface area contributed by atoms with Gasteiger partial charge in [0, 0.05) is 13.0 Å². The number of carbonyl (C=O) groups is 1. The molecule has 0 rings (SSSR count). The van der Waals surface area contributed by atoms with Crippen LogP contribution in [0.25, 0.3) is 0 Å². The van der Waals surface area contributed by atoms with Gasteiger partial charge in [0.25, 0.3) is 0 Å². The number of aliphatic hydroxyl groups is 1. The van der Waals surface area contributed by atoms with Gasteiger partial charge in [0.05, 0.1) is 13.2 Å². The van der Waals surface area contributed by atoms with Crippen molar-refractivity contribution in [2.24, 2.45) is 0 Å². The summed E-state index contributed by atoms with van der Waals surface area (Å²) in [6.45, 7) is 4.85. The Morgan fingerprint density at radius 1 is 0.533 bits per heavy atom. The van der Waals surface area contributed by atoms with E-state index in [1.54, 1.807) is 0 Å². The summed E-state index contributed by atoms with van der Waals surface area (Å²) in [5, 5.41) is 9.52. The van der Waals surface area contributed by atoms with Crippen LogP contribution in [-0.4, -0.2) is 37.0 Å². The number of unbranched alkanes of at least 4 members (excludes halogenated alkanes) is 1. The second kappa shape index (κ2) is 37.0. The fourth-order valence-electron chi connectivity index (χ4n) is 3.83. The van der Waals surface area contributed by atoms with Gasteiger partial charge in [0.2, 0.25) is 0 Å². The predicted molar refractivity (Wildman–Crippen MR) is 195 cm³/mol. The third-order valence-electron chi connectivity index (χ3n) is 6.30. The van der Waals surface area contributed by atoms with Gasteiger partial charge in [-0.05, 0) is 83.5 Å². The Bertz CT molecular complexity index is 956. The lowest BCUT2D eigenvalue weighted by Crippen LogP contribution is -2.27. The normalized spacial score (nSPS) is 13.9. The molecule has 0 fully saturated rings. The monoisotopic (exact) mass is 618 g/mol. The van der Waals surface area contributed by atoms with Crippen LogP contribution >= 0.6 is 0 Å². The predicted octanol–water partition coefficient (Wildman–Crippen LogP) is 11.0. The highest BCUT2D eigenvalue weighted by Gasteiger charge is 2.13. The zero-order chi connectivity index (χ0) is 32.7. The molecule has 250 valence electrons. The van der Waals surface area contributed by atoms with Crippen LogP contribution in [0.15, 0.2) is 122 Å². The summed E-state index contributed by atoms with van der Waals surface area (Å²) in [5.41, 5.74) is 0. The molecule has 1 N–H and O–H groups in total. The minimum atomic E-state index is -0.610. The first-order valence-corrected chi connectivity index (χ1v) is 17.1. The fraction of sp³-hybridized carbons (Fsp3) is 0.488. The molecule has 4 nitrogen and oxygen atoms in total. The van der Waals surface area contributed by atoms with Crippen LogP contribution in [0.4, 0.5) is 0 Å². The van der Waals surface area contributed by atoms with Gasteiger partial charge < -0.3 is 14.6 Å². The van der Waals surface area contributed by atoms with Crippen molar-refractivity contribution in [1.29, 1.82) is 0 Å². The average Bonchev–Trinajstić information content (AvgIpc) is 3.05. The van der Waals surface area contributed by atoms with E-state index in [-0.39, 0.29) is 19.2 Å². The molecule has 0 amide bonds. The summed E-state index contributed by atoms with van der Waals surface area (Å²) < 4.78 is 11.0. The molecule has 0 saturated carbocycles. The summed E-state index contributed by atoms with van der Waals surface area (Å²) in [5.74, 6) is -0.307. The van der Waals surface area contributed by atoms with Crippen molar-refractivity contribution in [1.82, 2.24) is 0 Å².